The van der Waals surface area contributed by atoms with Crippen LogP contribution in [0.2, 0.25) is 10.0 Å². The molecule has 0 aliphatic carbocycles. The van der Waals surface area contributed by atoms with Crippen LogP contribution in [0.25, 0.3) is 11.6 Å². The average Bonchev–Trinajstić information content (AvgIpc) is 2.67. The number of nitrogens with zero attached hydrogens (tertiary/aromatic N) is 1. The highest BCUT2D eigenvalue weighted by atomic mass is 79.9. The van der Waals surface area contributed by atoms with E-state index in [-0.39, 0.29) is 12.4 Å². The minimum absolute atomic E-state index is 0.0390. The summed E-state index contributed by atoms with van der Waals surface area (Å²) in [4.78, 5) is 0. The normalized spacial score (nSPS) is 11.2. The lowest BCUT2D eigenvalue weighted by Crippen LogP contribution is -2.00. The third-order valence-corrected chi connectivity index (χ3v) is 5.60. The Kier molecular flexibility index (Phi) is 7.37. The van der Waals surface area contributed by atoms with Gasteiger partial charge in [-0.2, -0.15) is 5.26 Å². The molecule has 0 aromatic heterocycles. The second-order valence-electron chi connectivity index (χ2n) is 5.98. The molecule has 0 unspecified atom stereocenters. The van der Waals surface area contributed by atoms with Crippen LogP contribution in [-0.4, -0.2) is 0 Å². The van der Waals surface area contributed by atoms with Gasteiger partial charge < -0.3 is 4.74 Å². The van der Waals surface area contributed by atoms with Crippen molar-refractivity contribution in [2.24, 2.45) is 0 Å². The summed E-state index contributed by atoms with van der Waals surface area (Å²) in [6.07, 6.45) is 1.67. The highest BCUT2D eigenvalue weighted by molar-refractivity contribution is 9.11. The molecule has 0 atom stereocenters. The summed E-state index contributed by atoms with van der Waals surface area (Å²) in [5.41, 5.74) is 1.95. The summed E-state index contributed by atoms with van der Waals surface area (Å²) in [7, 11) is 0. The van der Waals surface area contributed by atoms with Gasteiger partial charge in [0.15, 0.2) is 0 Å². The van der Waals surface area contributed by atoms with Gasteiger partial charge in [0.25, 0.3) is 0 Å². The van der Waals surface area contributed by atoms with E-state index in [2.05, 4.69) is 37.9 Å². The first-order valence-corrected chi connectivity index (χ1v) is 10.7. The third-order valence-electron chi connectivity index (χ3n) is 4.01. The van der Waals surface area contributed by atoms with Gasteiger partial charge in [-0.3, -0.25) is 0 Å². The van der Waals surface area contributed by atoms with Gasteiger partial charge in [-0.25, -0.2) is 4.39 Å². The van der Waals surface area contributed by atoms with Crippen LogP contribution in [0.15, 0.2) is 63.5 Å². The number of hydrogen-bond donors (Lipinski definition) is 0. The van der Waals surface area contributed by atoms with Crippen LogP contribution in [0, 0.1) is 17.1 Å². The average molecular weight is 556 g/mol. The predicted molar refractivity (Wildman–Crippen MR) is 123 cm³/mol. The Morgan fingerprint density at radius 3 is 2.55 bits per heavy atom. The van der Waals surface area contributed by atoms with Gasteiger partial charge in [0.2, 0.25) is 0 Å². The van der Waals surface area contributed by atoms with Gasteiger partial charge in [-0.05, 0) is 52.3 Å². The van der Waals surface area contributed by atoms with Crippen molar-refractivity contribution in [1.29, 1.82) is 5.26 Å². The van der Waals surface area contributed by atoms with E-state index in [1.54, 1.807) is 42.5 Å². The van der Waals surface area contributed by atoms with E-state index in [1.165, 1.54) is 6.07 Å². The second-order valence-corrected chi connectivity index (χ2v) is 8.59. The van der Waals surface area contributed by atoms with Crippen LogP contribution in [0.4, 0.5) is 4.39 Å². The Balaban J connectivity index is 2.03. The summed E-state index contributed by atoms with van der Waals surface area (Å²) < 4.78 is 21.3. The molecular formula is C22H12Br2Cl2FNO. The molecule has 0 aliphatic rings. The zero-order chi connectivity index (χ0) is 21.0. The molecule has 146 valence electrons. The fraction of sp³-hybridized carbons (Fsp3) is 0.0455. The number of ether oxygens (including phenoxy) is 1. The number of benzene rings is 3. The van der Waals surface area contributed by atoms with Crippen molar-refractivity contribution in [2.75, 3.05) is 0 Å². The summed E-state index contributed by atoms with van der Waals surface area (Å²) in [6.45, 7) is 0.0390. The molecule has 3 aromatic carbocycles. The molecule has 0 fully saturated rings. The minimum atomic E-state index is -0.344. The number of rotatable bonds is 5. The van der Waals surface area contributed by atoms with Crippen molar-refractivity contribution in [3.8, 4) is 11.8 Å². The van der Waals surface area contributed by atoms with E-state index in [0.29, 0.717) is 42.5 Å². The zero-order valence-electron chi connectivity index (χ0n) is 14.7. The van der Waals surface area contributed by atoms with Gasteiger partial charge in [0.05, 0.1) is 21.1 Å². The molecule has 0 heterocycles. The van der Waals surface area contributed by atoms with Crippen LogP contribution in [0.3, 0.4) is 0 Å². The lowest BCUT2D eigenvalue weighted by molar-refractivity contribution is 0.297. The zero-order valence-corrected chi connectivity index (χ0v) is 19.4. The molecule has 7 heteroatoms. The van der Waals surface area contributed by atoms with E-state index in [1.807, 2.05) is 12.1 Å². The molecular weight excluding hydrogens is 544 g/mol. The Hall–Kier alpha value is -1.84. The van der Waals surface area contributed by atoms with E-state index >= 15 is 0 Å². The van der Waals surface area contributed by atoms with Crippen LogP contribution >= 0.6 is 55.1 Å². The van der Waals surface area contributed by atoms with Crippen molar-refractivity contribution in [3.05, 3.63) is 96.1 Å². The van der Waals surface area contributed by atoms with Crippen LogP contribution in [0.1, 0.15) is 16.7 Å². The lowest BCUT2D eigenvalue weighted by Gasteiger charge is -2.13. The summed E-state index contributed by atoms with van der Waals surface area (Å²) >= 11 is 19.1. The van der Waals surface area contributed by atoms with Gasteiger partial charge in [-0.15, -0.1) is 0 Å². The first-order chi connectivity index (χ1) is 13.9. The molecule has 29 heavy (non-hydrogen) atoms. The summed E-state index contributed by atoms with van der Waals surface area (Å²) in [5, 5.41) is 10.5. The van der Waals surface area contributed by atoms with Gasteiger partial charge in [-0.1, -0.05) is 63.4 Å². The van der Waals surface area contributed by atoms with E-state index in [0.717, 1.165) is 4.47 Å². The first kappa shape index (κ1) is 21.9. The molecule has 0 bridgehead atoms. The van der Waals surface area contributed by atoms with Crippen molar-refractivity contribution in [3.63, 3.8) is 0 Å². The Morgan fingerprint density at radius 2 is 1.86 bits per heavy atom. The lowest BCUT2D eigenvalue weighted by atomic mass is 10.0. The third kappa shape index (κ3) is 5.40. The van der Waals surface area contributed by atoms with Gasteiger partial charge in [0.1, 0.15) is 18.2 Å². The quantitative estimate of drug-likeness (QED) is 0.234. The molecule has 3 rings (SSSR count). The smallest absolute Gasteiger partial charge is 0.141 e. The van der Waals surface area contributed by atoms with E-state index in [4.69, 9.17) is 27.9 Å². The number of allylic oxidation sites excluding steroid dienone is 1. The molecule has 0 spiro atoms. The molecule has 0 saturated carbocycles. The summed E-state index contributed by atoms with van der Waals surface area (Å²) in [6, 6.07) is 17.1. The SMILES string of the molecule is N#C/C(=C\c1cc(Br)cc(Br)c1OCc1ccccc1F)c1ccc(Cl)cc1Cl. The maximum atomic E-state index is 13.9. The maximum absolute atomic E-state index is 13.9. The molecule has 0 N–H and O–H groups in total. The van der Waals surface area contributed by atoms with Crippen molar-refractivity contribution in [1.82, 2.24) is 0 Å². The van der Waals surface area contributed by atoms with Crippen LogP contribution in [0.5, 0.6) is 5.75 Å². The fourth-order valence-corrected chi connectivity index (χ4v) is 4.52. The summed E-state index contributed by atoms with van der Waals surface area (Å²) in [5.74, 6) is 0.137. The predicted octanol–water partition coefficient (Wildman–Crippen LogP) is 8.30. The number of halogens is 5. The highest BCUT2D eigenvalue weighted by Crippen LogP contribution is 2.37. The van der Waals surface area contributed by atoms with Gasteiger partial charge in [0, 0.05) is 26.2 Å². The second kappa shape index (κ2) is 9.77. The number of hydrogen-bond acceptors (Lipinski definition) is 2. The van der Waals surface area contributed by atoms with Crippen molar-refractivity contribution in [2.45, 2.75) is 6.61 Å². The topological polar surface area (TPSA) is 33.0 Å². The minimum Gasteiger partial charge on any atom is -0.487 e. The monoisotopic (exact) mass is 553 g/mol. The van der Waals surface area contributed by atoms with E-state index in [9.17, 15) is 9.65 Å². The molecule has 0 saturated heterocycles. The number of nitriles is 1. The Bertz CT molecular complexity index is 1140. The van der Waals surface area contributed by atoms with Crippen LogP contribution in [-0.2, 0) is 6.61 Å². The molecule has 0 radical (unpaired) electrons. The molecule has 0 aliphatic heterocycles. The fourth-order valence-electron chi connectivity index (χ4n) is 2.64. The molecule has 0 amide bonds. The first-order valence-electron chi connectivity index (χ1n) is 8.31. The maximum Gasteiger partial charge on any atom is 0.141 e. The molecule has 2 nitrogen and oxygen atoms in total. The highest BCUT2D eigenvalue weighted by Gasteiger charge is 2.14. The standard InChI is InChI=1S/C22H12Br2Cl2FNO/c23-16-8-14(7-15(11-28)18-6-5-17(25)10-20(18)26)22(19(24)9-16)29-12-13-3-1-2-4-21(13)27/h1-10H,12H2/b15-7+. The van der Waals surface area contributed by atoms with Crippen molar-refractivity contribution >= 4 is 66.7 Å². The van der Waals surface area contributed by atoms with Gasteiger partial charge >= 0.3 is 0 Å². The Morgan fingerprint density at radius 1 is 1.10 bits per heavy atom. The largest absolute Gasteiger partial charge is 0.487 e. The van der Waals surface area contributed by atoms with E-state index < -0.39 is 0 Å². The molecule has 3 aromatic rings. The van der Waals surface area contributed by atoms with Crippen molar-refractivity contribution < 1.29 is 9.13 Å². The Labute approximate surface area is 194 Å². The van der Waals surface area contributed by atoms with Crippen LogP contribution < -0.4 is 4.74 Å².